The second-order valence-electron chi connectivity index (χ2n) is 4.18. The van der Waals surface area contributed by atoms with Gasteiger partial charge in [0.2, 0.25) is 5.91 Å². The number of ketones is 1. The minimum absolute atomic E-state index is 0.0733. The maximum absolute atomic E-state index is 11.6. The number of nitrogens with zero attached hydrogens (tertiary/aromatic N) is 1. The van der Waals surface area contributed by atoms with E-state index >= 15 is 0 Å². The number of carbonyl (C=O) groups excluding carboxylic acids is 2. The van der Waals surface area contributed by atoms with Gasteiger partial charge in [-0.1, -0.05) is 6.07 Å². The van der Waals surface area contributed by atoms with Crippen LogP contribution in [0, 0.1) is 5.92 Å². The molecule has 1 fully saturated rings. The quantitative estimate of drug-likeness (QED) is 0.799. The minimum atomic E-state index is -0.0733. The third-order valence-corrected chi connectivity index (χ3v) is 3.93. The van der Waals surface area contributed by atoms with Crippen LogP contribution in [0.2, 0.25) is 0 Å². The number of hydrogen-bond acceptors (Lipinski definition) is 3. The highest BCUT2D eigenvalue weighted by molar-refractivity contribution is 7.09. The minimum Gasteiger partial charge on any atom is -0.342 e. The van der Waals surface area contributed by atoms with Gasteiger partial charge in [-0.25, -0.2) is 0 Å². The molecule has 0 saturated carbocycles. The molecule has 1 saturated heterocycles. The first-order valence-corrected chi connectivity index (χ1v) is 6.35. The predicted molar refractivity (Wildman–Crippen MR) is 63.4 cm³/mol. The van der Waals surface area contributed by atoms with E-state index in [1.165, 1.54) is 4.88 Å². The molecule has 0 aliphatic carbocycles. The molecule has 1 aromatic heterocycles. The van der Waals surface area contributed by atoms with E-state index in [1.807, 2.05) is 16.3 Å². The van der Waals surface area contributed by atoms with Gasteiger partial charge in [-0.15, -0.1) is 11.3 Å². The Kier molecular flexibility index (Phi) is 3.39. The molecule has 0 N–H and O–H groups in total. The van der Waals surface area contributed by atoms with Crippen LogP contribution in [0.4, 0.5) is 0 Å². The first-order chi connectivity index (χ1) is 7.66. The van der Waals surface area contributed by atoms with E-state index in [1.54, 1.807) is 18.3 Å². The fraction of sp³-hybridized carbons (Fsp3) is 0.500. The zero-order chi connectivity index (χ0) is 11.5. The Morgan fingerprint density at radius 3 is 3.00 bits per heavy atom. The van der Waals surface area contributed by atoms with Gasteiger partial charge in [0.15, 0.2) is 0 Å². The van der Waals surface area contributed by atoms with Crippen LogP contribution in [0.1, 0.15) is 18.2 Å². The Hall–Kier alpha value is -1.16. The largest absolute Gasteiger partial charge is 0.342 e. The second-order valence-corrected chi connectivity index (χ2v) is 5.21. The summed E-state index contributed by atoms with van der Waals surface area (Å²) in [5.41, 5.74) is 0. The topological polar surface area (TPSA) is 37.4 Å². The van der Waals surface area contributed by atoms with Gasteiger partial charge < -0.3 is 4.90 Å². The van der Waals surface area contributed by atoms with Crippen molar-refractivity contribution in [1.82, 2.24) is 4.90 Å². The third-order valence-electron chi connectivity index (χ3n) is 3.00. The SMILES string of the molecule is CC(=O)C1CC(=O)N(CCc2cccs2)C1. The van der Waals surface area contributed by atoms with Crippen LogP contribution < -0.4 is 0 Å². The predicted octanol–water partition coefficient (Wildman–Crippen LogP) is 1.73. The van der Waals surface area contributed by atoms with Gasteiger partial charge in [0, 0.05) is 30.3 Å². The summed E-state index contributed by atoms with van der Waals surface area (Å²) in [6.07, 6.45) is 1.30. The zero-order valence-electron chi connectivity index (χ0n) is 9.31. The highest BCUT2D eigenvalue weighted by Crippen LogP contribution is 2.19. The summed E-state index contributed by atoms with van der Waals surface area (Å²) in [6.45, 7) is 2.92. The van der Waals surface area contributed by atoms with E-state index in [9.17, 15) is 9.59 Å². The summed E-state index contributed by atoms with van der Waals surface area (Å²) in [6, 6.07) is 4.10. The highest BCUT2D eigenvalue weighted by Gasteiger charge is 2.31. The Labute approximate surface area is 99.1 Å². The molecule has 86 valence electrons. The number of carbonyl (C=O) groups is 2. The molecule has 1 unspecified atom stereocenters. The van der Waals surface area contributed by atoms with Crippen molar-refractivity contribution in [3.05, 3.63) is 22.4 Å². The van der Waals surface area contributed by atoms with Gasteiger partial charge in [-0.05, 0) is 24.8 Å². The van der Waals surface area contributed by atoms with Gasteiger partial charge in [0.05, 0.1) is 0 Å². The second kappa shape index (κ2) is 4.78. The highest BCUT2D eigenvalue weighted by atomic mass is 32.1. The normalized spacial score (nSPS) is 20.4. The molecular weight excluding hydrogens is 222 g/mol. The van der Waals surface area contributed by atoms with Crippen molar-refractivity contribution in [1.29, 1.82) is 0 Å². The standard InChI is InChI=1S/C12H15NO2S/c1-9(14)10-7-12(15)13(8-10)5-4-11-3-2-6-16-11/h2-3,6,10H,4-5,7-8H2,1H3. The van der Waals surface area contributed by atoms with Crippen molar-refractivity contribution in [3.8, 4) is 0 Å². The molecular formula is C12H15NO2S. The van der Waals surface area contributed by atoms with Crippen molar-refractivity contribution in [2.75, 3.05) is 13.1 Å². The Morgan fingerprint density at radius 1 is 1.62 bits per heavy atom. The van der Waals surface area contributed by atoms with Crippen LogP contribution in [-0.2, 0) is 16.0 Å². The Balaban J connectivity index is 1.87. The van der Waals surface area contributed by atoms with Gasteiger partial charge in [0.25, 0.3) is 0 Å². The number of Topliss-reactive ketones (excluding diaryl/α,β-unsaturated/α-hetero) is 1. The average molecular weight is 237 g/mol. The smallest absolute Gasteiger partial charge is 0.223 e. The maximum atomic E-state index is 11.6. The van der Waals surface area contributed by atoms with Crippen LogP contribution in [-0.4, -0.2) is 29.7 Å². The lowest BCUT2D eigenvalue weighted by atomic mass is 10.1. The molecule has 0 bridgehead atoms. The van der Waals surface area contributed by atoms with Gasteiger partial charge in [-0.2, -0.15) is 0 Å². The molecule has 0 aromatic carbocycles. The van der Waals surface area contributed by atoms with Gasteiger partial charge >= 0.3 is 0 Å². The van der Waals surface area contributed by atoms with Crippen molar-refractivity contribution in [3.63, 3.8) is 0 Å². The van der Waals surface area contributed by atoms with E-state index in [4.69, 9.17) is 0 Å². The molecule has 2 rings (SSSR count). The molecule has 1 atom stereocenters. The first-order valence-electron chi connectivity index (χ1n) is 5.47. The number of amides is 1. The Morgan fingerprint density at radius 2 is 2.44 bits per heavy atom. The molecule has 3 nitrogen and oxygen atoms in total. The molecule has 0 spiro atoms. The summed E-state index contributed by atoms with van der Waals surface area (Å²) in [5, 5.41) is 2.04. The first kappa shape index (κ1) is 11.3. The lowest BCUT2D eigenvalue weighted by molar-refractivity contribution is -0.128. The van der Waals surface area contributed by atoms with Crippen LogP contribution in [0.25, 0.3) is 0 Å². The van der Waals surface area contributed by atoms with Crippen LogP contribution in [0.15, 0.2) is 17.5 Å². The van der Waals surface area contributed by atoms with Crippen LogP contribution in [0.3, 0.4) is 0 Å². The molecule has 1 aliphatic heterocycles. The number of thiophene rings is 1. The van der Waals surface area contributed by atoms with Gasteiger partial charge in [0.1, 0.15) is 5.78 Å². The maximum Gasteiger partial charge on any atom is 0.223 e. The molecule has 2 heterocycles. The molecule has 1 aliphatic rings. The summed E-state index contributed by atoms with van der Waals surface area (Å²) in [7, 11) is 0. The molecule has 16 heavy (non-hydrogen) atoms. The van der Waals surface area contributed by atoms with Crippen molar-refractivity contribution in [2.24, 2.45) is 5.92 Å². The van der Waals surface area contributed by atoms with Crippen molar-refractivity contribution >= 4 is 23.0 Å². The fourth-order valence-electron chi connectivity index (χ4n) is 1.96. The van der Waals surface area contributed by atoms with E-state index in [-0.39, 0.29) is 17.6 Å². The third kappa shape index (κ3) is 2.50. The average Bonchev–Trinajstić information content (AvgIpc) is 2.84. The molecule has 1 amide bonds. The fourth-order valence-corrected chi connectivity index (χ4v) is 2.66. The Bertz CT molecular complexity index is 386. The summed E-state index contributed by atoms with van der Waals surface area (Å²) in [5.74, 6) is 0.180. The van der Waals surface area contributed by atoms with E-state index in [2.05, 4.69) is 6.07 Å². The zero-order valence-corrected chi connectivity index (χ0v) is 10.1. The van der Waals surface area contributed by atoms with Crippen molar-refractivity contribution in [2.45, 2.75) is 19.8 Å². The lowest BCUT2D eigenvalue weighted by Gasteiger charge is -2.15. The lowest BCUT2D eigenvalue weighted by Crippen LogP contribution is -2.28. The van der Waals surface area contributed by atoms with Crippen LogP contribution in [0.5, 0.6) is 0 Å². The number of likely N-dealkylation sites (tertiary alicyclic amines) is 1. The van der Waals surface area contributed by atoms with E-state index in [0.717, 1.165) is 13.0 Å². The summed E-state index contributed by atoms with van der Waals surface area (Å²) < 4.78 is 0. The summed E-state index contributed by atoms with van der Waals surface area (Å²) >= 11 is 1.71. The molecule has 1 aromatic rings. The molecule has 4 heteroatoms. The number of hydrogen-bond donors (Lipinski definition) is 0. The number of rotatable bonds is 4. The van der Waals surface area contributed by atoms with Crippen LogP contribution >= 0.6 is 11.3 Å². The van der Waals surface area contributed by atoms with Gasteiger partial charge in [-0.3, -0.25) is 9.59 Å². The van der Waals surface area contributed by atoms with E-state index in [0.29, 0.717) is 13.0 Å². The molecule has 0 radical (unpaired) electrons. The van der Waals surface area contributed by atoms with Crippen molar-refractivity contribution < 1.29 is 9.59 Å². The monoisotopic (exact) mass is 237 g/mol. The van der Waals surface area contributed by atoms with E-state index < -0.39 is 0 Å². The summed E-state index contributed by atoms with van der Waals surface area (Å²) in [4.78, 5) is 25.9.